The highest BCUT2D eigenvalue weighted by molar-refractivity contribution is 6.23. The summed E-state index contributed by atoms with van der Waals surface area (Å²) in [6.07, 6.45) is 7.39. The fraction of sp³-hybridized carbons (Fsp3) is 0.0714. The zero-order valence-corrected chi connectivity index (χ0v) is 8.97. The maximum atomic E-state index is 11.5. The minimum atomic E-state index is 0.110. The number of fused-ring (bicyclic) bond motifs is 3. The predicted octanol–water partition coefficient (Wildman–Crippen LogP) is 2.21. The molecule has 0 aliphatic heterocycles. The first-order chi connectivity index (χ1) is 7.86. The summed E-state index contributed by atoms with van der Waals surface area (Å²) in [5, 5.41) is 7.00. The van der Waals surface area contributed by atoms with Gasteiger partial charge < -0.3 is 5.11 Å². The minimum absolute atomic E-state index is 0.110. The summed E-state index contributed by atoms with van der Waals surface area (Å²) in [4.78, 5) is 11.5. The average Bonchev–Trinajstić information content (AvgIpc) is 2.72. The molecule has 0 radical (unpaired) electrons. The Labute approximate surface area is 94.2 Å². The SMILES string of the molecule is CO.O=C1C=CC=C2C1=Cc1ccccc12. The van der Waals surface area contributed by atoms with Gasteiger partial charge in [-0.1, -0.05) is 36.4 Å². The highest BCUT2D eigenvalue weighted by Gasteiger charge is 2.23. The molecular weight excluding hydrogens is 200 g/mol. The number of carbonyl (C=O) groups is 1. The number of hydrogen-bond acceptors (Lipinski definition) is 2. The molecule has 0 fully saturated rings. The van der Waals surface area contributed by atoms with Gasteiger partial charge in [0.05, 0.1) is 0 Å². The maximum absolute atomic E-state index is 11.5. The lowest BCUT2D eigenvalue weighted by Crippen LogP contribution is -2.00. The number of aliphatic hydroxyl groups is 1. The van der Waals surface area contributed by atoms with Crippen molar-refractivity contribution in [3.63, 3.8) is 0 Å². The Hall–Kier alpha value is -1.93. The summed E-state index contributed by atoms with van der Waals surface area (Å²) in [6.45, 7) is 0. The molecule has 16 heavy (non-hydrogen) atoms. The Balaban J connectivity index is 0.000000457. The van der Waals surface area contributed by atoms with Crippen LogP contribution in [0.1, 0.15) is 11.1 Å². The lowest BCUT2D eigenvalue weighted by Gasteiger charge is -2.06. The molecule has 1 N–H and O–H groups in total. The van der Waals surface area contributed by atoms with E-state index in [1.807, 2.05) is 36.4 Å². The summed E-state index contributed by atoms with van der Waals surface area (Å²) in [6, 6.07) is 8.08. The molecule has 0 spiro atoms. The largest absolute Gasteiger partial charge is 0.400 e. The third-order valence-corrected chi connectivity index (χ3v) is 2.62. The van der Waals surface area contributed by atoms with Gasteiger partial charge in [-0.05, 0) is 28.9 Å². The monoisotopic (exact) mass is 212 g/mol. The Morgan fingerprint density at radius 1 is 1.06 bits per heavy atom. The topological polar surface area (TPSA) is 37.3 Å². The Morgan fingerprint density at radius 3 is 2.62 bits per heavy atom. The molecule has 0 saturated heterocycles. The molecular formula is C14H12O2. The smallest absolute Gasteiger partial charge is 0.186 e. The van der Waals surface area contributed by atoms with Gasteiger partial charge in [0.2, 0.25) is 0 Å². The molecule has 2 heteroatoms. The van der Waals surface area contributed by atoms with Crippen molar-refractivity contribution in [2.24, 2.45) is 0 Å². The first kappa shape index (κ1) is 10.6. The second-order valence-corrected chi connectivity index (χ2v) is 3.45. The normalized spacial score (nSPS) is 15.5. The van der Waals surface area contributed by atoms with Crippen LogP contribution in [-0.2, 0) is 4.79 Å². The highest BCUT2D eigenvalue weighted by atomic mass is 16.2. The van der Waals surface area contributed by atoms with E-state index in [0.29, 0.717) is 0 Å². The molecule has 0 unspecified atom stereocenters. The van der Waals surface area contributed by atoms with Crippen molar-refractivity contribution in [2.75, 3.05) is 7.11 Å². The minimum Gasteiger partial charge on any atom is -0.400 e. The quantitative estimate of drug-likeness (QED) is 0.716. The van der Waals surface area contributed by atoms with Crippen LogP contribution in [-0.4, -0.2) is 18.0 Å². The average molecular weight is 212 g/mol. The Morgan fingerprint density at radius 2 is 1.81 bits per heavy atom. The number of benzene rings is 1. The van der Waals surface area contributed by atoms with E-state index in [1.165, 1.54) is 5.56 Å². The van der Waals surface area contributed by atoms with E-state index in [4.69, 9.17) is 5.11 Å². The van der Waals surface area contributed by atoms with Crippen molar-refractivity contribution in [1.82, 2.24) is 0 Å². The van der Waals surface area contributed by atoms with Crippen LogP contribution in [0.3, 0.4) is 0 Å². The van der Waals surface area contributed by atoms with Crippen LogP contribution in [0.4, 0.5) is 0 Å². The molecule has 2 aliphatic rings. The van der Waals surface area contributed by atoms with Crippen molar-refractivity contribution >= 4 is 17.4 Å². The van der Waals surface area contributed by atoms with Gasteiger partial charge in [0.25, 0.3) is 0 Å². The number of hydrogen-bond donors (Lipinski definition) is 1. The zero-order valence-electron chi connectivity index (χ0n) is 8.97. The van der Waals surface area contributed by atoms with Crippen molar-refractivity contribution in [3.8, 4) is 0 Å². The van der Waals surface area contributed by atoms with E-state index in [-0.39, 0.29) is 5.78 Å². The first-order valence-corrected chi connectivity index (χ1v) is 5.05. The summed E-state index contributed by atoms with van der Waals surface area (Å²) < 4.78 is 0. The van der Waals surface area contributed by atoms with Gasteiger partial charge in [-0.15, -0.1) is 0 Å². The molecule has 80 valence electrons. The molecule has 0 atom stereocenters. The van der Waals surface area contributed by atoms with E-state index >= 15 is 0 Å². The Bertz CT molecular complexity index is 519. The molecule has 2 nitrogen and oxygen atoms in total. The van der Waals surface area contributed by atoms with Crippen LogP contribution < -0.4 is 0 Å². The lowest BCUT2D eigenvalue weighted by atomic mass is 9.96. The molecule has 0 bridgehead atoms. The molecule has 0 heterocycles. The van der Waals surface area contributed by atoms with Crippen molar-refractivity contribution in [3.05, 3.63) is 59.2 Å². The van der Waals surface area contributed by atoms with E-state index < -0.39 is 0 Å². The third kappa shape index (κ3) is 1.53. The van der Waals surface area contributed by atoms with Crippen molar-refractivity contribution in [1.29, 1.82) is 0 Å². The molecule has 0 aromatic heterocycles. The van der Waals surface area contributed by atoms with Gasteiger partial charge in [-0.25, -0.2) is 0 Å². The number of carbonyl (C=O) groups excluding carboxylic acids is 1. The van der Waals surface area contributed by atoms with E-state index in [0.717, 1.165) is 23.8 Å². The van der Waals surface area contributed by atoms with Crippen LogP contribution >= 0.6 is 0 Å². The molecule has 0 amide bonds. The van der Waals surface area contributed by atoms with Gasteiger partial charge in [-0.3, -0.25) is 4.79 Å². The van der Waals surface area contributed by atoms with E-state index in [9.17, 15) is 4.79 Å². The maximum Gasteiger partial charge on any atom is 0.186 e. The van der Waals surface area contributed by atoms with Crippen molar-refractivity contribution < 1.29 is 9.90 Å². The predicted molar refractivity (Wildman–Crippen MR) is 64.7 cm³/mol. The van der Waals surface area contributed by atoms with Crippen LogP contribution in [0.15, 0.2) is 48.1 Å². The van der Waals surface area contributed by atoms with Crippen LogP contribution in [0.5, 0.6) is 0 Å². The lowest BCUT2D eigenvalue weighted by molar-refractivity contribution is -0.110. The molecule has 1 aromatic carbocycles. The summed E-state index contributed by atoms with van der Waals surface area (Å²) in [5.74, 6) is 0.110. The zero-order chi connectivity index (χ0) is 11.5. The highest BCUT2D eigenvalue weighted by Crippen LogP contribution is 2.37. The fourth-order valence-corrected chi connectivity index (χ4v) is 1.95. The van der Waals surface area contributed by atoms with E-state index in [2.05, 4.69) is 6.07 Å². The summed E-state index contributed by atoms with van der Waals surface area (Å²) in [7, 11) is 1.00. The Kier molecular flexibility index (Phi) is 2.84. The van der Waals surface area contributed by atoms with Crippen LogP contribution in [0.2, 0.25) is 0 Å². The van der Waals surface area contributed by atoms with Gasteiger partial charge >= 0.3 is 0 Å². The number of aliphatic hydroxyl groups excluding tert-OH is 1. The summed E-state index contributed by atoms with van der Waals surface area (Å²) in [5.41, 5.74) is 4.20. The van der Waals surface area contributed by atoms with E-state index in [1.54, 1.807) is 6.08 Å². The molecule has 0 saturated carbocycles. The number of ketones is 1. The van der Waals surface area contributed by atoms with Gasteiger partial charge in [-0.2, -0.15) is 0 Å². The number of allylic oxidation sites excluding steroid dienone is 5. The summed E-state index contributed by atoms with van der Waals surface area (Å²) >= 11 is 0. The second kappa shape index (κ2) is 4.29. The molecule has 2 aliphatic carbocycles. The fourth-order valence-electron chi connectivity index (χ4n) is 1.95. The first-order valence-electron chi connectivity index (χ1n) is 5.05. The van der Waals surface area contributed by atoms with Gasteiger partial charge in [0, 0.05) is 12.7 Å². The second-order valence-electron chi connectivity index (χ2n) is 3.45. The van der Waals surface area contributed by atoms with Crippen molar-refractivity contribution in [2.45, 2.75) is 0 Å². The third-order valence-electron chi connectivity index (χ3n) is 2.62. The molecule has 1 aromatic rings. The standard InChI is InChI=1S/C13H8O.CH4O/c14-13-7-3-6-11-10-5-2-1-4-9(10)8-12(11)13;1-2/h1-8H;2H,1H3. The molecule has 3 rings (SSSR count). The number of rotatable bonds is 0. The van der Waals surface area contributed by atoms with Crippen LogP contribution in [0, 0.1) is 0 Å². The van der Waals surface area contributed by atoms with Gasteiger partial charge in [0.15, 0.2) is 5.78 Å². The van der Waals surface area contributed by atoms with Gasteiger partial charge in [0.1, 0.15) is 0 Å². The van der Waals surface area contributed by atoms with Crippen LogP contribution in [0.25, 0.3) is 11.6 Å².